The molecule has 3 aliphatic rings. The molecule has 0 spiro atoms. The third-order valence-electron chi connectivity index (χ3n) is 19.3. The summed E-state index contributed by atoms with van der Waals surface area (Å²) in [7, 11) is 0. The van der Waals surface area contributed by atoms with Gasteiger partial charge in [0.05, 0.1) is 39.6 Å². The molecule has 3 heterocycles. The molecule has 2 atom stereocenters. The van der Waals surface area contributed by atoms with E-state index in [0.29, 0.717) is 6.42 Å². The molecule has 12 aromatic carbocycles. The van der Waals surface area contributed by atoms with Gasteiger partial charge in [0.2, 0.25) is 0 Å². The van der Waals surface area contributed by atoms with Gasteiger partial charge in [-0.3, -0.25) is 0 Å². The summed E-state index contributed by atoms with van der Waals surface area (Å²) in [5, 5.41) is 0. The predicted octanol–water partition coefficient (Wildman–Crippen LogP) is 22.4. The zero-order valence-electron chi connectivity index (χ0n) is 52.2. The minimum absolute atomic E-state index is 0.632. The second-order valence-electron chi connectivity index (χ2n) is 24.7. The molecule has 3 aliphatic carbocycles. The van der Waals surface area contributed by atoms with Crippen molar-refractivity contribution in [2.24, 2.45) is 0 Å². The molecule has 0 saturated heterocycles. The molecule has 15 aromatic rings. The van der Waals surface area contributed by atoms with E-state index in [1.54, 1.807) is 0 Å². The van der Waals surface area contributed by atoms with Crippen LogP contribution in [0.4, 0.5) is 34.1 Å². The molecule has 2 bridgehead atoms. The lowest BCUT2D eigenvalue weighted by atomic mass is 9.53. The smallest absolute Gasteiger partial charge is 0.0710 e. The monoisotopic (exact) mass is 1210 g/mol. The highest BCUT2D eigenvalue weighted by atomic mass is 15.1. The number of hydrogen-bond donors (Lipinski definition) is 0. The first-order valence-corrected chi connectivity index (χ1v) is 32.6. The normalized spacial score (nSPS) is 15.0. The van der Waals surface area contributed by atoms with Crippen LogP contribution < -0.4 is 9.80 Å². The quantitative estimate of drug-likeness (QED) is 0.109. The highest BCUT2D eigenvalue weighted by molar-refractivity contribution is 5.85. The SMILES string of the molecule is c1ccc(-c2cccc(-c3ccc4c(c3)CC3(c5ccc(N(c6ccccc6)c6ccccc6)cc5)c5cc(-c6cccc(-c7ccccc7)n6)ccc5C4(c4ccc(N(c5ccccc5)c5ccccc5)cc4)c4cc(-c5cccc(-c6ccccc6)n5)ccc43)n2)cc1. The molecular formula is C90H63N5. The van der Waals surface area contributed by atoms with E-state index in [1.165, 1.54) is 38.9 Å². The second kappa shape index (κ2) is 24.1. The Kier molecular flexibility index (Phi) is 14.3. The standard InChI is InChI=1S/C90H63N5/c1-8-25-63(26-9-1)83-39-22-42-86(91-83)66-45-56-78-69(59-66)62-89(70-48-52-76(53-49-70)94(72-31-14-4-15-32-72)73-33-16-5-17-34-73)79-57-46-68(88-44-24-41-85(93-88)65-29-12-3-13-30-65)61-82(79)90(78,71-50-54-77(55-51-71)95(74-35-18-6-19-36-74)75-37-20-7-21-38-75)80-58-47-67(60-81(80)89)87-43-23-40-84(92-87)64-27-10-2-11-28-64/h1-61H,62H2. The summed E-state index contributed by atoms with van der Waals surface area (Å²) in [5.74, 6) is 0. The van der Waals surface area contributed by atoms with E-state index in [0.717, 1.165) is 107 Å². The summed E-state index contributed by atoms with van der Waals surface area (Å²) in [6.45, 7) is 0. The van der Waals surface area contributed by atoms with E-state index < -0.39 is 10.8 Å². The van der Waals surface area contributed by atoms with E-state index in [4.69, 9.17) is 15.0 Å². The highest BCUT2D eigenvalue weighted by Crippen LogP contribution is 2.64. The van der Waals surface area contributed by atoms with E-state index >= 15 is 0 Å². The van der Waals surface area contributed by atoms with Crippen molar-refractivity contribution in [3.05, 3.63) is 415 Å². The Labute approximate surface area is 554 Å². The number of pyridine rings is 3. The van der Waals surface area contributed by atoms with Crippen molar-refractivity contribution in [1.82, 2.24) is 15.0 Å². The first kappa shape index (κ1) is 56.7. The van der Waals surface area contributed by atoms with Gasteiger partial charge in [-0.15, -0.1) is 0 Å². The van der Waals surface area contributed by atoms with Gasteiger partial charge in [0, 0.05) is 72.9 Å². The van der Waals surface area contributed by atoms with Crippen LogP contribution in [-0.2, 0) is 17.3 Å². The average molecular weight is 1210 g/mol. The third-order valence-corrected chi connectivity index (χ3v) is 19.3. The van der Waals surface area contributed by atoms with Gasteiger partial charge in [-0.05, 0) is 178 Å². The minimum atomic E-state index is -0.900. The van der Waals surface area contributed by atoms with Crippen molar-refractivity contribution in [2.45, 2.75) is 17.3 Å². The lowest BCUT2D eigenvalue weighted by Gasteiger charge is -2.48. The summed E-state index contributed by atoms with van der Waals surface area (Å²) in [6.07, 6.45) is 0.632. The molecule has 0 fully saturated rings. The molecule has 95 heavy (non-hydrogen) atoms. The zero-order valence-corrected chi connectivity index (χ0v) is 52.2. The van der Waals surface area contributed by atoms with Gasteiger partial charge < -0.3 is 9.80 Å². The van der Waals surface area contributed by atoms with Crippen LogP contribution in [0.1, 0.15) is 44.5 Å². The number of aromatic nitrogens is 3. The zero-order chi connectivity index (χ0) is 63.1. The van der Waals surface area contributed by atoms with Gasteiger partial charge in [0.15, 0.2) is 0 Å². The van der Waals surface area contributed by atoms with Gasteiger partial charge >= 0.3 is 0 Å². The molecule has 0 aliphatic heterocycles. The van der Waals surface area contributed by atoms with Gasteiger partial charge in [0.1, 0.15) is 0 Å². The van der Waals surface area contributed by atoms with Gasteiger partial charge in [0.25, 0.3) is 0 Å². The van der Waals surface area contributed by atoms with Gasteiger partial charge in [-0.1, -0.05) is 243 Å². The summed E-state index contributed by atoms with van der Waals surface area (Å²) in [5.41, 5.74) is 26.3. The fourth-order valence-electron chi connectivity index (χ4n) is 15.0. The van der Waals surface area contributed by atoms with Crippen LogP contribution in [0, 0.1) is 0 Å². The molecule has 3 aromatic heterocycles. The molecule has 0 radical (unpaired) electrons. The summed E-state index contributed by atoms with van der Waals surface area (Å²) >= 11 is 0. The fraction of sp³-hybridized carbons (Fsp3) is 0.0333. The molecule has 2 unspecified atom stereocenters. The average Bonchev–Trinajstić information content (AvgIpc) is 1.59. The third kappa shape index (κ3) is 10.0. The van der Waals surface area contributed by atoms with Crippen molar-refractivity contribution in [3.8, 4) is 67.5 Å². The summed E-state index contributed by atoms with van der Waals surface area (Å²) in [4.78, 5) is 21.1. The highest BCUT2D eigenvalue weighted by Gasteiger charge is 2.57. The van der Waals surface area contributed by atoms with E-state index in [2.05, 4.69) is 380 Å². The second-order valence-corrected chi connectivity index (χ2v) is 24.7. The van der Waals surface area contributed by atoms with Crippen LogP contribution in [0.15, 0.2) is 370 Å². The van der Waals surface area contributed by atoms with Gasteiger partial charge in [-0.25, -0.2) is 15.0 Å². The lowest BCUT2D eigenvalue weighted by Crippen LogP contribution is -2.43. The van der Waals surface area contributed by atoms with Crippen LogP contribution >= 0.6 is 0 Å². The molecule has 5 heteroatoms. The molecule has 5 nitrogen and oxygen atoms in total. The maximum Gasteiger partial charge on any atom is 0.0710 e. The van der Waals surface area contributed by atoms with Crippen LogP contribution in [0.3, 0.4) is 0 Å². The minimum Gasteiger partial charge on any atom is -0.311 e. The molecule has 18 rings (SSSR count). The first-order chi connectivity index (χ1) is 47.1. The number of nitrogens with zero attached hydrogens (tertiary/aromatic N) is 5. The first-order valence-electron chi connectivity index (χ1n) is 32.6. The Hall–Kier alpha value is -12.3. The predicted molar refractivity (Wildman–Crippen MR) is 390 cm³/mol. The number of hydrogen-bond acceptors (Lipinski definition) is 5. The van der Waals surface area contributed by atoms with Crippen LogP contribution in [0.25, 0.3) is 67.5 Å². The largest absolute Gasteiger partial charge is 0.311 e. The van der Waals surface area contributed by atoms with Crippen LogP contribution in [0.2, 0.25) is 0 Å². The Balaban J connectivity index is 0.965. The molecule has 0 amide bonds. The van der Waals surface area contributed by atoms with Gasteiger partial charge in [-0.2, -0.15) is 0 Å². The van der Waals surface area contributed by atoms with Crippen molar-refractivity contribution >= 4 is 34.1 Å². The fourth-order valence-corrected chi connectivity index (χ4v) is 15.0. The molecule has 0 saturated carbocycles. The molecular weight excluding hydrogens is 1150 g/mol. The van der Waals surface area contributed by atoms with Crippen molar-refractivity contribution in [3.63, 3.8) is 0 Å². The van der Waals surface area contributed by atoms with Crippen LogP contribution in [-0.4, -0.2) is 15.0 Å². The summed E-state index contributed by atoms with van der Waals surface area (Å²) in [6, 6.07) is 134. The molecule has 448 valence electrons. The Morgan fingerprint density at radius 1 is 0.211 bits per heavy atom. The maximum absolute atomic E-state index is 5.50. The Bertz CT molecular complexity index is 5170. The number of anilines is 6. The van der Waals surface area contributed by atoms with E-state index in [9.17, 15) is 0 Å². The van der Waals surface area contributed by atoms with Crippen molar-refractivity contribution in [1.29, 1.82) is 0 Å². The lowest BCUT2D eigenvalue weighted by molar-refractivity contribution is 0.577. The Morgan fingerprint density at radius 2 is 0.516 bits per heavy atom. The van der Waals surface area contributed by atoms with Crippen LogP contribution in [0.5, 0.6) is 0 Å². The van der Waals surface area contributed by atoms with Crippen molar-refractivity contribution < 1.29 is 0 Å². The van der Waals surface area contributed by atoms with E-state index in [-0.39, 0.29) is 0 Å². The number of rotatable bonds is 14. The summed E-state index contributed by atoms with van der Waals surface area (Å²) < 4.78 is 0. The van der Waals surface area contributed by atoms with E-state index in [1.807, 2.05) is 0 Å². The number of para-hydroxylation sites is 4. The molecule has 0 N–H and O–H groups in total. The Morgan fingerprint density at radius 3 is 0.905 bits per heavy atom. The maximum atomic E-state index is 5.50. The number of benzene rings is 12. The van der Waals surface area contributed by atoms with Crippen molar-refractivity contribution in [2.75, 3.05) is 9.80 Å². The topological polar surface area (TPSA) is 45.2 Å².